The third-order valence-corrected chi connectivity index (χ3v) is 3.79. The van der Waals surface area contributed by atoms with Crippen LogP contribution >= 0.6 is 0 Å². The van der Waals surface area contributed by atoms with Crippen LogP contribution in [-0.2, 0) is 0 Å². The first-order chi connectivity index (χ1) is 11.8. The zero-order valence-corrected chi connectivity index (χ0v) is 14.2. The molecule has 0 spiro atoms. The first kappa shape index (κ1) is 18.4. The van der Waals surface area contributed by atoms with Crippen molar-refractivity contribution >= 4 is 11.6 Å². The number of nitro benzene ring substituents is 1. The zero-order chi connectivity index (χ0) is 18.6. The molecule has 132 valence electrons. The first-order valence-electron chi connectivity index (χ1n) is 7.81. The summed E-state index contributed by atoms with van der Waals surface area (Å²) in [5.41, 5.74) is 0.194. The van der Waals surface area contributed by atoms with Gasteiger partial charge < -0.3 is 10.1 Å². The first-order valence-corrected chi connectivity index (χ1v) is 7.81. The molecule has 0 radical (unpaired) electrons. The van der Waals surface area contributed by atoms with Crippen molar-refractivity contribution in [2.24, 2.45) is 0 Å². The Morgan fingerprint density at radius 1 is 1.36 bits per heavy atom. The lowest BCUT2D eigenvalue weighted by atomic mass is 10.1. The average molecular weight is 346 g/mol. The van der Waals surface area contributed by atoms with Gasteiger partial charge in [-0.05, 0) is 44.5 Å². The maximum Gasteiger partial charge on any atom is 0.276 e. The largest absolute Gasteiger partial charge is 0.494 e. The van der Waals surface area contributed by atoms with E-state index in [1.165, 1.54) is 6.92 Å². The number of carbonyl (C=O) groups excluding carboxylic acids is 1. The fourth-order valence-electron chi connectivity index (χ4n) is 2.39. The van der Waals surface area contributed by atoms with Gasteiger partial charge in [0.1, 0.15) is 11.6 Å². The molecule has 2 aromatic rings. The molecule has 0 aliphatic carbocycles. The van der Waals surface area contributed by atoms with E-state index in [9.17, 15) is 19.3 Å². The van der Waals surface area contributed by atoms with Crippen LogP contribution in [-0.4, -0.2) is 17.4 Å². The number of hydrogen-bond acceptors (Lipinski definition) is 4. The Hall–Kier alpha value is -2.96. The standard InChI is InChI=1S/C18H19FN2O4/c1-4-25-15-7-5-6-13(8-15)12(3)20-18(22)14-9-16(19)11(2)17(10-14)21(23)24/h5-10,12H,4H2,1-3H3,(H,20,22). The van der Waals surface area contributed by atoms with Crippen molar-refractivity contribution in [1.29, 1.82) is 0 Å². The highest BCUT2D eigenvalue weighted by Crippen LogP contribution is 2.24. The molecule has 2 aromatic carbocycles. The van der Waals surface area contributed by atoms with Crippen molar-refractivity contribution in [3.05, 3.63) is 69.0 Å². The summed E-state index contributed by atoms with van der Waals surface area (Å²) in [5.74, 6) is -0.695. The number of ether oxygens (including phenoxy) is 1. The number of nitrogens with one attached hydrogen (secondary N) is 1. The minimum Gasteiger partial charge on any atom is -0.494 e. The van der Waals surface area contributed by atoms with E-state index < -0.39 is 22.3 Å². The highest BCUT2D eigenvalue weighted by Gasteiger charge is 2.20. The molecule has 0 aromatic heterocycles. The van der Waals surface area contributed by atoms with Crippen LogP contribution in [0.25, 0.3) is 0 Å². The van der Waals surface area contributed by atoms with Gasteiger partial charge in [0.15, 0.2) is 0 Å². The molecule has 6 nitrogen and oxygen atoms in total. The van der Waals surface area contributed by atoms with Gasteiger partial charge >= 0.3 is 0 Å². The van der Waals surface area contributed by atoms with Crippen molar-refractivity contribution in [3.63, 3.8) is 0 Å². The van der Waals surface area contributed by atoms with Gasteiger partial charge in [-0.1, -0.05) is 12.1 Å². The Morgan fingerprint density at radius 3 is 2.72 bits per heavy atom. The van der Waals surface area contributed by atoms with Crippen LogP contribution in [0.2, 0.25) is 0 Å². The van der Waals surface area contributed by atoms with E-state index in [1.54, 1.807) is 25.1 Å². The number of amides is 1. The molecule has 2 rings (SSSR count). The van der Waals surface area contributed by atoms with Crippen LogP contribution in [0.3, 0.4) is 0 Å². The summed E-state index contributed by atoms with van der Waals surface area (Å²) in [7, 11) is 0. The fraction of sp³-hybridized carbons (Fsp3) is 0.278. The van der Waals surface area contributed by atoms with Crippen molar-refractivity contribution in [2.75, 3.05) is 6.61 Å². The maximum absolute atomic E-state index is 13.9. The number of hydrogen-bond donors (Lipinski definition) is 1. The summed E-state index contributed by atoms with van der Waals surface area (Å²) in [6.45, 7) is 5.46. The smallest absolute Gasteiger partial charge is 0.276 e. The summed E-state index contributed by atoms with van der Waals surface area (Å²) in [6, 6.07) is 8.94. The molecule has 0 bridgehead atoms. The van der Waals surface area contributed by atoms with Crippen molar-refractivity contribution < 1.29 is 18.8 Å². The third-order valence-electron chi connectivity index (χ3n) is 3.79. The number of halogens is 1. The second kappa shape index (κ2) is 7.74. The van der Waals surface area contributed by atoms with Crippen LogP contribution in [0.4, 0.5) is 10.1 Å². The Kier molecular flexibility index (Phi) is 5.69. The highest BCUT2D eigenvalue weighted by atomic mass is 19.1. The van der Waals surface area contributed by atoms with Crippen LogP contribution in [0.5, 0.6) is 5.75 Å². The van der Waals surface area contributed by atoms with E-state index >= 15 is 0 Å². The highest BCUT2D eigenvalue weighted by molar-refractivity contribution is 5.95. The van der Waals surface area contributed by atoms with Crippen LogP contribution < -0.4 is 10.1 Å². The van der Waals surface area contributed by atoms with Crippen LogP contribution in [0.15, 0.2) is 36.4 Å². The van der Waals surface area contributed by atoms with Gasteiger partial charge in [-0.15, -0.1) is 0 Å². The Balaban J connectivity index is 2.22. The molecule has 0 heterocycles. The van der Waals surface area contributed by atoms with Crippen molar-refractivity contribution in [2.45, 2.75) is 26.8 Å². The van der Waals surface area contributed by atoms with Gasteiger partial charge in [-0.3, -0.25) is 14.9 Å². The third kappa shape index (κ3) is 4.32. The molecule has 1 N–H and O–H groups in total. The molecule has 0 fully saturated rings. The lowest BCUT2D eigenvalue weighted by molar-refractivity contribution is -0.385. The minimum atomic E-state index is -0.787. The van der Waals surface area contributed by atoms with Gasteiger partial charge in [0.05, 0.1) is 23.1 Å². The summed E-state index contributed by atoms with van der Waals surface area (Å²) in [4.78, 5) is 22.6. The van der Waals surface area contributed by atoms with E-state index in [4.69, 9.17) is 4.74 Å². The minimum absolute atomic E-state index is 0.0948. The fourth-order valence-corrected chi connectivity index (χ4v) is 2.39. The number of benzene rings is 2. The molecule has 0 aliphatic rings. The molecule has 1 unspecified atom stereocenters. The topological polar surface area (TPSA) is 81.5 Å². The normalized spacial score (nSPS) is 11.7. The lowest BCUT2D eigenvalue weighted by Crippen LogP contribution is -2.27. The molecule has 1 atom stereocenters. The monoisotopic (exact) mass is 346 g/mol. The summed E-state index contributed by atoms with van der Waals surface area (Å²) in [6.07, 6.45) is 0. The molecule has 0 saturated carbocycles. The number of carbonyl (C=O) groups is 1. The van der Waals surface area contributed by atoms with E-state index in [1.807, 2.05) is 13.0 Å². The number of nitro groups is 1. The van der Waals surface area contributed by atoms with Gasteiger partial charge in [0.25, 0.3) is 11.6 Å². The predicted octanol–water partition coefficient (Wildman–Crippen LogP) is 3.93. The van der Waals surface area contributed by atoms with E-state index in [2.05, 4.69) is 5.32 Å². The van der Waals surface area contributed by atoms with E-state index in [0.717, 1.165) is 17.7 Å². The second-order valence-corrected chi connectivity index (χ2v) is 5.56. The Morgan fingerprint density at radius 2 is 2.08 bits per heavy atom. The summed E-state index contributed by atoms with van der Waals surface area (Å²) >= 11 is 0. The summed E-state index contributed by atoms with van der Waals surface area (Å²) in [5, 5.41) is 13.7. The van der Waals surface area contributed by atoms with Crippen molar-refractivity contribution in [3.8, 4) is 5.75 Å². The van der Waals surface area contributed by atoms with Gasteiger partial charge in [0, 0.05) is 11.6 Å². The molecular weight excluding hydrogens is 327 g/mol. The van der Waals surface area contributed by atoms with Gasteiger partial charge in [-0.25, -0.2) is 4.39 Å². The van der Waals surface area contributed by atoms with Crippen LogP contribution in [0.1, 0.15) is 41.4 Å². The zero-order valence-electron chi connectivity index (χ0n) is 14.2. The van der Waals surface area contributed by atoms with Gasteiger partial charge in [-0.2, -0.15) is 0 Å². The second-order valence-electron chi connectivity index (χ2n) is 5.56. The van der Waals surface area contributed by atoms with Gasteiger partial charge in [0.2, 0.25) is 0 Å². The Bertz CT molecular complexity index is 808. The number of rotatable bonds is 6. The molecule has 7 heteroatoms. The predicted molar refractivity (Wildman–Crippen MR) is 91.3 cm³/mol. The molecular formula is C18H19FN2O4. The van der Waals surface area contributed by atoms with E-state index in [-0.39, 0.29) is 17.2 Å². The van der Waals surface area contributed by atoms with Crippen LogP contribution in [0, 0.1) is 22.9 Å². The maximum atomic E-state index is 13.9. The quantitative estimate of drug-likeness (QED) is 0.635. The number of nitrogens with zero attached hydrogens (tertiary/aromatic N) is 1. The molecule has 0 saturated heterocycles. The molecule has 1 amide bonds. The van der Waals surface area contributed by atoms with E-state index in [0.29, 0.717) is 12.4 Å². The lowest BCUT2D eigenvalue weighted by Gasteiger charge is -2.16. The average Bonchev–Trinajstić information content (AvgIpc) is 2.57. The van der Waals surface area contributed by atoms with Crippen molar-refractivity contribution in [1.82, 2.24) is 5.32 Å². The Labute approximate surface area is 144 Å². The molecule has 25 heavy (non-hydrogen) atoms. The SMILES string of the molecule is CCOc1cccc(C(C)NC(=O)c2cc(F)c(C)c([N+](=O)[O-])c2)c1. The summed E-state index contributed by atoms with van der Waals surface area (Å²) < 4.78 is 19.3. The molecule has 0 aliphatic heterocycles.